The summed E-state index contributed by atoms with van der Waals surface area (Å²) in [6, 6.07) is 0. The molecular formula is C12H26OP. The summed E-state index contributed by atoms with van der Waals surface area (Å²) >= 11 is 0. The van der Waals surface area contributed by atoms with Gasteiger partial charge in [-0.3, -0.25) is 4.57 Å². The van der Waals surface area contributed by atoms with Gasteiger partial charge >= 0.3 is 0 Å². The lowest BCUT2D eigenvalue weighted by Crippen LogP contribution is -2.10. The Kier molecular flexibility index (Phi) is 8.47. The molecule has 2 atom stereocenters. The lowest BCUT2D eigenvalue weighted by molar-refractivity contribution is 0.546. The van der Waals surface area contributed by atoms with Crippen LogP contribution in [0, 0.1) is 0 Å². The van der Waals surface area contributed by atoms with Crippen molar-refractivity contribution in [3.8, 4) is 0 Å². The van der Waals surface area contributed by atoms with Gasteiger partial charge in [-0.25, -0.2) is 0 Å². The molecule has 2 unspecified atom stereocenters. The van der Waals surface area contributed by atoms with Crippen LogP contribution in [-0.4, -0.2) is 11.3 Å². The lowest BCUT2D eigenvalue weighted by Gasteiger charge is -2.20. The number of hydrogen-bond acceptors (Lipinski definition) is 1. The SMILES string of the molecule is CCCC(CC)[P](=O)C(CC)CCC. The zero-order chi connectivity index (χ0) is 11.0. The fourth-order valence-corrected chi connectivity index (χ4v) is 4.33. The molecule has 1 nitrogen and oxygen atoms in total. The number of rotatable bonds is 8. The average Bonchev–Trinajstić information content (AvgIpc) is 2.21. The first-order chi connectivity index (χ1) is 6.71. The van der Waals surface area contributed by atoms with Crippen molar-refractivity contribution < 1.29 is 4.57 Å². The molecule has 0 aromatic carbocycles. The van der Waals surface area contributed by atoms with Gasteiger partial charge in [0.1, 0.15) is 0 Å². The van der Waals surface area contributed by atoms with Crippen LogP contribution in [0.4, 0.5) is 0 Å². The van der Waals surface area contributed by atoms with Crippen molar-refractivity contribution in [2.24, 2.45) is 0 Å². The van der Waals surface area contributed by atoms with E-state index in [1.165, 1.54) is 12.8 Å². The van der Waals surface area contributed by atoms with Gasteiger partial charge in [-0.1, -0.05) is 40.5 Å². The Morgan fingerprint density at radius 1 is 0.857 bits per heavy atom. The van der Waals surface area contributed by atoms with E-state index in [0.717, 1.165) is 25.7 Å². The second-order valence-electron chi connectivity index (χ2n) is 4.06. The summed E-state index contributed by atoms with van der Waals surface area (Å²) < 4.78 is 12.2. The minimum Gasteiger partial charge on any atom is -0.287 e. The summed E-state index contributed by atoms with van der Waals surface area (Å²) in [5.41, 5.74) is 0.956. The van der Waals surface area contributed by atoms with Gasteiger partial charge in [-0.15, -0.1) is 0 Å². The zero-order valence-electron chi connectivity index (χ0n) is 10.3. The summed E-state index contributed by atoms with van der Waals surface area (Å²) in [6.07, 6.45) is 6.80. The first-order valence-electron chi connectivity index (χ1n) is 6.16. The molecule has 0 saturated carbocycles. The van der Waals surface area contributed by atoms with E-state index < -0.39 is 7.80 Å². The summed E-state index contributed by atoms with van der Waals surface area (Å²) in [5.74, 6) is 0. The Bertz CT molecular complexity index is 140. The topological polar surface area (TPSA) is 17.1 Å². The minimum absolute atomic E-state index is 0.478. The molecular weight excluding hydrogens is 191 g/mol. The third kappa shape index (κ3) is 4.55. The van der Waals surface area contributed by atoms with Crippen LogP contribution in [0.3, 0.4) is 0 Å². The Labute approximate surface area is 90.5 Å². The fourth-order valence-electron chi connectivity index (χ4n) is 1.99. The van der Waals surface area contributed by atoms with Crippen molar-refractivity contribution in [2.75, 3.05) is 0 Å². The first-order valence-corrected chi connectivity index (χ1v) is 7.56. The summed E-state index contributed by atoms with van der Waals surface area (Å²) in [4.78, 5) is 0. The molecule has 0 rings (SSSR count). The van der Waals surface area contributed by atoms with Crippen LogP contribution in [0.15, 0.2) is 0 Å². The van der Waals surface area contributed by atoms with Crippen molar-refractivity contribution in [2.45, 2.75) is 77.5 Å². The molecule has 0 N–H and O–H groups in total. The van der Waals surface area contributed by atoms with Crippen LogP contribution in [0.25, 0.3) is 0 Å². The van der Waals surface area contributed by atoms with E-state index in [1.807, 2.05) is 0 Å². The smallest absolute Gasteiger partial charge is 0.0781 e. The average molecular weight is 217 g/mol. The van der Waals surface area contributed by atoms with Crippen molar-refractivity contribution in [3.05, 3.63) is 0 Å². The Morgan fingerprint density at radius 2 is 1.21 bits per heavy atom. The Hall–Kier alpha value is 0.100. The molecule has 85 valence electrons. The molecule has 0 bridgehead atoms. The van der Waals surface area contributed by atoms with Crippen LogP contribution < -0.4 is 0 Å². The van der Waals surface area contributed by atoms with Gasteiger partial charge < -0.3 is 0 Å². The van der Waals surface area contributed by atoms with Gasteiger partial charge in [0.15, 0.2) is 0 Å². The van der Waals surface area contributed by atoms with Gasteiger partial charge in [0.05, 0.1) is 7.80 Å². The molecule has 0 fully saturated rings. The maximum atomic E-state index is 12.2. The predicted octanol–water partition coefficient (Wildman–Crippen LogP) is 4.97. The van der Waals surface area contributed by atoms with E-state index in [9.17, 15) is 4.57 Å². The molecule has 2 heteroatoms. The van der Waals surface area contributed by atoms with Crippen LogP contribution in [0.2, 0.25) is 0 Å². The minimum atomic E-state index is -0.969. The van der Waals surface area contributed by atoms with E-state index in [2.05, 4.69) is 27.7 Å². The molecule has 0 spiro atoms. The van der Waals surface area contributed by atoms with Crippen LogP contribution in [-0.2, 0) is 4.57 Å². The molecule has 0 aliphatic carbocycles. The van der Waals surface area contributed by atoms with E-state index in [0.29, 0.717) is 11.3 Å². The third-order valence-electron chi connectivity index (χ3n) is 2.91. The fraction of sp³-hybridized carbons (Fsp3) is 1.00. The largest absolute Gasteiger partial charge is 0.287 e. The predicted molar refractivity (Wildman–Crippen MR) is 65.6 cm³/mol. The highest BCUT2D eigenvalue weighted by molar-refractivity contribution is 7.46. The molecule has 0 aliphatic heterocycles. The monoisotopic (exact) mass is 217 g/mol. The van der Waals surface area contributed by atoms with E-state index in [1.54, 1.807) is 0 Å². The summed E-state index contributed by atoms with van der Waals surface area (Å²) in [6.45, 7) is 8.72. The van der Waals surface area contributed by atoms with Crippen molar-refractivity contribution in [1.82, 2.24) is 0 Å². The molecule has 0 heterocycles. The second kappa shape index (κ2) is 8.41. The first kappa shape index (κ1) is 14.1. The molecule has 0 saturated heterocycles. The quantitative estimate of drug-likeness (QED) is 0.524. The van der Waals surface area contributed by atoms with E-state index >= 15 is 0 Å². The normalized spacial score (nSPS) is 16.4. The van der Waals surface area contributed by atoms with Crippen LogP contribution >= 0.6 is 7.80 Å². The maximum Gasteiger partial charge on any atom is 0.0781 e. The van der Waals surface area contributed by atoms with Crippen molar-refractivity contribution in [3.63, 3.8) is 0 Å². The summed E-state index contributed by atoms with van der Waals surface area (Å²) in [7, 11) is -0.969. The number of hydrogen-bond donors (Lipinski definition) is 0. The van der Waals surface area contributed by atoms with Crippen LogP contribution in [0.5, 0.6) is 0 Å². The van der Waals surface area contributed by atoms with Crippen molar-refractivity contribution >= 4 is 7.80 Å². The van der Waals surface area contributed by atoms with Crippen LogP contribution in [0.1, 0.15) is 66.2 Å². The van der Waals surface area contributed by atoms with Gasteiger partial charge in [0.25, 0.3) is 0 Å². The highest BCUT2D eigenvalue weighted by Crippen LogP contribution is 2.41. The highest BCUT2D eigenvalue weighted by Gasteiger charge is 2.21. The summed E-state index contributed by atoms with van der Waals surface area (Å²) in [5, 5.41) is 0. The Balaban J connectivity index is 4.21. The molecule has 14 heavy (non-hydrogen) atoms. The van der Waals surface area contributed by atoms with E-state index in [-0.39, 0.29) is 0 Å². The van der Waals surface area contributed by atoms with Gasteiger partial charge in [0.2, 0.25) is 0 Å². The molecule has 0 aromatic rings. The second-order valence-corrected chi connectivity index (χ2v) is 6.24. The van der Waals surface area contributed by atoms with E-state index in [4.69, 9.17) is 0 Å². The maximum absolute atomic E-state index is 12.2. The standard InChI is InChI=1S/C12H26OP/c1-5-9-11(7-3)14(13)12(8-4)10-6-2/h11-12H,5-10H2,1-4H3. The third-order valence-corrected chi connectivity index (χ3v) is 5.59. The zero-order valence-corrected chi connectivity index (χ0v) is 11.1. The van der Waals surface area contributed by atoms with Gasteiger partial charge in [-0.2, -0.15) is 0 Å². The lowest BCUT2D eigenvalue weighted by atomic mass is 10.2. The molecule has 0 aromatic heterocycles. The molecule has 1 radical (unpaired) electrons. The molecule has 0 amide bonds. The highest BCUT2D eigenvalue weighted by atomic mass is 31.1. The molecule has 0 aliphatic rings. The van der Waals surface area contributed by atoms with Crippen molar-refractivity contribution in [1.29, 1.82) is 0 Å². The Morgan fingerprint density at radius 3 is 1.43 bits per heavy atom. The van der Waals surface area contributed by atoms with Gasteiger partial charge in [0, 0.05) is 11.3 Å². The van der Waals surface area contributed by atoms with Gasteiger partial charge in [-0.05, 0) is 25.7 Å².